The average molecular weight is 483 g/mol. The molecule has 0 N–H and O–H groups in total. The fraction of sp³-hybridized carbons (Fsp3) is 0.0800. The Morgan fingerprint density at radius 2 is 1.54 bits per heavy atom. The van der Waals surface area contributed by atoms with Crippen LogP contribution >= 0.6 is 0 Å². The highest BCUT2D eigenvalue weighted by atomic mass is 19.2. The maximum Gasteiger partial charge on any atom is 0.280 e. The minimum atomic E-state index is -2.33. The van der Waals surface area contributed by atoms with Crippen LogP contribution in [0.5, 0.6) is 5.75 Å². The number of rotatable bonds is 5. The van der Waals surface area contributed by atoms with Gasteiger partial charge in [-0.15, -0.1) is 0 Å². The zero-order chi connectivity index (χ0) is 25.3. The van der Waals surface area contributed by atoms with Crippen molar-refractivity contribution in [3.05, 3.63) is 99.9 Å². The van der Waals surface area contributed by atoms with Gasteiger partial charge in [0.15, 0.2) is 23.3 Å². The van der Waals surface area contributed by atoms with E-state index in [1.807, 2.05) is 6.07 Å². The SMILES string of the molecule is CC1=NN(c2c(F)c(F)c(F)c(F)c2F)C(=O)/C1=C\c1ccccc1OCc1ccc(C#N)cc1. The zero-order valence-corrected chi connectivity index (χ0v) is 18.0. The number of para-hydroxylation sites is 1. The number of carbonyl (C=O) groups is 1. The van der Waals surface area contributed by atoms with E-state index in [-0.39, 0.29) is 22.9 Å². The van der Waals surface area contributed by atoms with E-state index in [0.717, 1.165) is 5.56 Å². The molecule has 3 aromatic carbocycles. The van der Waals surface area contributed by atoms with Gasteiger partial charge in [-0.25, -0.2) is 22.0 Å². The summed E-state index contributed by atoms with van der Waals surface area (Å²) in [5, 5.41) is 12.8. The van der Waals surface area contributed by atoms with Gasteiger partial charge in [0.1, 0.15) is 18.0 Å². The van der Waals surface area contributed by atoms with E-state index in [1.54, 1.807) is 48.5 Å². The van der Waals surface area contributed by atoms with Crippen LogP contribution in [0.4, 0.5) is 27.6 Å². The molecule has 1 aliphatic rings. The Kier molecular flexibility index (Phi) is 6.34. The van der Waals surface area contributed by atoms with Crippen LogP contribution in [-0.2, 0) is 11.4 Å². The quantitative estimate of drug-likeness (QED) is 0.204. The van der Waals surface area contributed by atoms with Crippen molar-refractivity contribution in [3.8, 4) is 11.8 Å². The van der Waals surface area contributed by atoms with Gasteiger partial charge in [-0.05, 0) is 36.8 Å². The third kappa shape index (κ3) is 4.36. The van der Waals surface area contributed by atoms with E-state index in [9.17, 15) is 26.7 Å². The van der Waals surface area contributed by atoms with Gasteiger partial charge in [0.2, 0.25) is 5.82 Å². The molecule has 35 heavy (non-hydrogen) atoms. The standard InChI is InChI=1S/C25H14F5N3O2/c1-13-17(25(34)33(32-13)24-22(29)20(27)19(26)21(28)23(24)30)10-16-4-2-3-5-18(16)35-12-15-8-6-14(11-31)7-9-15/h2-10H,12H2,1H3/b17-10-. The number of amides is 1. The fourth-order valence-electron chi connectivity index (χ4n) is 3.34. The van der Waals surface area contributed by atoms with Gasteiger partial charge in [0.05, 0.1) is 22.9 Å². The summed E-state index contributed by atoms with van der Waals surface area (Å²) < 4.78 is 75.0. The Morgan fingerprint density at radius 3 is 2.17 bits per heavy atom. The number of nitrogens with zero attached hydrogens (tertiary/aromatic N) is 3. The molecule has 0 atom stereocenters. The largest absolute Gasteiger partial charge is 0.488 e. The van der Waals surface area contributed by atoms with E-state index in [2.05, 4.69) is 5.10 Å². The van der Waals surface area contributed by atoms with Crippen LogP contribution in [0.3, 0.4) is 0 Å². The molecular formula is C25H14F5N3O2. The van der Waals surface area contributed by atoms with Crippen molar-refractivity contribution in [3.63, 3.8) is 0 Å². The Balaban J connectivity index is 1.64. The molecule has 5 nitrogen and oxygen atoms in total. The van der Waals surface area contributed by atoms with Crippen LogP contribution < -0.4 is 9.75 Å². The molecule has 1 amide bonds. The van der Waals surface area contributed by atoms with Crippen molar-refractivity contribution in [1.82, 2.24) is 0 Å². The van der Waals surface area contributed by atoms with Gasteiger partial charge in [-0.2, -0.15) is 15.4 Å². The normalized spacial score (nSPS) is 14.3. The minimum absolute atomic E-state index is 0.000775. The molecule has 4 rings (SSSR count). The highest BCUT2D eigenvalue weighted by molar-refractivity contribution is 6.32. The lowest BCUT2D eigenvalue weighted by Crippen LogP contribution is -2.25. The molecule has 0 aromatic heterocycles. The molecule has 0 fully saturated rings. The summed E-state index contributed by atoms with van der Waals surface area (Å²) in [4.78, 5) is 12.9. The molecule has 0 saturated carbocycles. The van der Waals surface area contributed by atoms with E-state index in [1.165, 1.54) is 13.0 Å². The molecule has 176 valence electrons. The second kappa shape index (κ2) is 9.38. The van der Waals surface area contributed by atoms with Crippen LogP contribution in [-0.4, -0.2) is 11.6 Å². The first-order valence-electron chi connectivity index (χ1n) is 10.1. The van der Waals surface area contributed by atoms with Crippen molar-refractivity contribution in [2.24, 2.45) is 5.10 Å². The highest BCUT2D eigenvalue weighted by Crippen LogP contribution is 2.34. The first-order chi connectivity index (χ1) is 16.7. The lowest BCUT2D eigenvalue weighted by molar-refractivity contribution is -0.114. The van der Waals surface area contributed by atoms with Crippen LogP contribution in [0.2, 0.25) is 0 Å². The summed E-state index contributed by atoms with van der Waals surface area (Å²) in [6, 6.07) is 15.3. The summed E-state index contributed by atoms with van der Waals surface area (Å²) in [6.07, 6.45) is 1.35. The first kappa shape index (κ1) is 23.6. The summed E-state index contributed by atoms with van der Waals surface area (Å²) in [5.41, 5.74) is 0.104. The molecular weight excluding hydrogens is 469 g/mol. The van der Waals surface area contributed by atoms with Crippen molar-refractivity contribution in [1.29, 1.82) is 5.26 Å². The van der Waals surface area contributed by atoms with Gasteiger partial charge in [-0.1, -0.05) is 30.3 Å². The lowest BCUT2D eigenvalue weighted by Gasteiger charge is -2.15. The minimum Gasteiger partial charge on any atom is -0.488 e. The van der Waals surface area contributed by atoms with Gasteiger partial charge in [-0.3, -0.25) is 4.79 Å². The molecule has 0 bridgehead atoms. The summed E-state index contributed by atoms with van der Waals surface area (Å²) >= 11 is 0. The summed E-state index contributed by atoms with van der Waals surface area (Å²) in [7, 11) is 0. The monoisotopic (exact) mass is 483 g/mol. The van der Waals surface area contributed by atoms with Crippen LogP contribution in [0, 0.1) is 40.4 Å². The Bertz CT molecular complexity index is 1410. The molecule has 0 aliphatic carbocycles. The van der Waals surface area contributed by atoms with E-state index in [4.69, 9.17) is 10.00 Å². The van der Waals surface area contributed by atoms with Crippen molar-refractivity contribution >= 4 is 23.4 Å². The van der Waals surface area contributed by atoms with E-state index >= 15 is 0 Å². The van der Waals surface area contributed by atoms with Crippen LogP contribution in [0.25, 0.3) is 6.08 Å². The van der Waals surface area contributed by atoms with Crippen LogP contribution in [0.15, 0.2) is 59.2 Å². The zero-order valence-electron chi connectivity index (χ0n) is 18.0. The van der Waals surface area contributed by atoms with Gasteiger partial charge in [0.25, 0.3) is 5.91 Å². The van der Waals surface area contributed by atoms with E-state index < -0.39 is 40.7 Å². The number of benzene rings is 3. The Morgan fingerprint density at radius 1 is 0.943 bits per heavy atom. The molecule has 0 saturated heterocycles. The highest BCUT2D eigenvalue weighted by Gasteiger charge is 2.37. The molecule has 1 aliphatic heterocycles. The second-order valence-corrected chi connectivity index (χ2v) is 7.41. The number of anilines is 1. The van der Waals surface area contributed by atoms with E-state index in [0.29, 0.717) is 16.9 Å². The Hall–Kier alpha value is -4.52. The number of hydrogen-bond donors (Lipinski definition) is 0. The predicted molar refractivity (Wildman–Crippen MR) is 117 cm³/mol. The maximum absolute atomic E-state index is 14.2. The third-order valence-corrected chi connectivity index (χ3v) is 5.16. The lowest BCUT2D eigenvalue weighted by atomic mass is 10.1. The number of halogens is 5. The smallest absolute Gasteiger partial charge is 0.280 e. The van der Waals surface area contributed by atoms with Gasteiger partial charge in [0, 0.05) is 5.56 Å². The summed E-state index contributed by atoms with van der Waals surface area (Å²) in [6.45, 7) is 1.50. The predicted octanol–water partition coefficient (Wildman–Crippen LogP) is 5.64. The molecule has 3 aromatic rings. The van der Waals surface area contributed by atoms with Gasteiger partial charge >= 0.3 is 0 Å². The maximum atomic E-state index is 14.2. The third-order valence-electron chi connectivity index (χ3n) is 5.16. The Labute approximate surface area is 196 Å². The van der Waals surface area contributed by atoms with Crippen molar-refractivity contribution in [2.45, 2.75) is 13.5 Å². The number of nitriles is 1. The first-order valence-corrected chi connectivity index (χ1v) is 10.1. The molecule has 0 radical (unpaired) electrons. The fourth-order valence-corrected chi connectivity index (χ4v) is 3.34. The average Bonchev–Trinajstić information content (AvgIpc) is 3.14. The molecule has 1 heterocycles. The molecule has 0 spiro atoms. The molecule has 10 heteroatoms. The number of ether oxygens (including phenoxy) is 1. The number of carbonyl (C=O) groups excluding carboxylic acids is 1. The molecule has 0 unspecified atom stereocenters. The van der Waals surface area contributed by atoms with Crippen molar-refractivity contribution < 1.29 is 31.5 Å². The topological polar surface area (TPSA) is 65.7 Å². The number of hydrogen-bond acceptors (Lipinski definition) is 4. The second-order valence-electron chi connectivity index (χ2n) is 7.41. The van der Waals surface area contributed by atoms with Crippen LogP contribution in [0.1, 0.15) is 23.6 Å². The van der Waals surface area contributed by atoms with Gasteiger partial charge < -0.3 is 4.74 Å². The number of hydrazone groups is 1. The van der Waals surface area contributed by atoms with Crippen molar-refractivity contribution in [2.75, 3.05) is 5.01 Å². The summed E-state index contributed by atoms with van der Waals surface area (Å²) in [5.74, 6) is -11.7.